The summed E-state index contributed by atoms with van der Waals surface area (Å²) in [4.78, 5) is 33.4. The molecular formula is C17H23N5O3. The molecule has 0 radical (unpaired) electrons. The molecular weight excluding hydrogens is 322 g/mol. The van der Waals surface area contributed by atoms with Crippen molar-refractivity contribution in [3.63, 3.8) is 0 Å². The topological polar surface area (TPSA) is 101 Å². The number of carboxylic acid groups (broad SMARTS) is 1. The monoisotopic (exact) mass is 345 g/mol. The fourth-order valence-corrected chi connectivity index (χ4v) is 2.73. The second kappa shape index (κ2) is 7.42. The molecule has 2 heterocycles. The highest BCUT2D eigenvalue weighted by molar-refractivity contribution is 5.83. The van der Waals surface area contributed by atoms with Crippen LogP contribution < -0.4 is 0 Å². The van der Waals surface area contributed by atoms with Gasteiger partial charge in [0.1, 0.15) is 6.54 Å². The molecule has 134 valence electrons. The first kappa shape index (κ1) is 18.6. The second-order valence-corrected chi connectivity index (χ2v) is 5.99. The quantitative estimate of drug-likeness (QED) is 0.848. The molecule has 1 N–H and O–H groups in total. The number of nitrogens with zero attached hydrogens (tertiary/aromatic N) is 5. The van der Waals surface area contributed by atoms with Crippen LogP contribution in [0, 0.1) is 27.7 Å². The van der Waals surface area contributed by atoms with Crippen LogP contribution in [0.5, 0.6) is 0 Å². The number of carbonyl (C=O) groups is 2. The van der Waals surface area contributed by atoms with E-state index in [1.54, 1.807) is 11.6 Å². The Balaban J connectivity index is 2.33. The zero-order valence-corrected chi connectivity index (χ0v) is 15.2. The van der Waals surface area contributed by atoms with Crippen LogP contribution in [0.3, 0.4) is 0 Å². The summed E-state index contributed by atoms with van der Waals surface area (Å²) in [6.07, 6.45) is 0.101. The third-order valence-electron chi connectivity index (χ3n) is 3.99. The first-order valence-electron chi connectivity index (χ1n) is 8.10. The lowest BCUT2D eigenvalue weighted by Crippen LogP contribution is -2.36. The van der Waals surface area contributed by atoms with Crippen molar-refractivity contribution in [1.29, 1.82) is 0 Å². The maximum Gasteiger partial charge on any atom is 0.323 e. The van der Waals surface area contributed by atoms with Crippen LogP contribution >= 0.6 is 0 Å². The minimum atomic E-state index is -1.03. The van der Waals surface area contributed by atoms with Gasteiger partial charge in [-0.3, -0.25) is 9.59 Å². The van der Waals surface area contributed by atoms with Gasteiger partial charge in [-0.15, -0.1) is 0 Å². The molecule has 0 aliphatic carbocycles. The molecule has 8 nitrogen and oxygen atoms in total. The maximum absolute atomic E-state index is 12.4. The van der Waals surface area contributed by atoms with Crippen molar-refractivity contribution >= 4 is 11.9 Å². The molecule has 0 aliphatic rings. The van der Waals surface area contributed by atoms with Crippen LogP contribution in [0.25, 0.3) is 5.95 Å². The average molecular weight is 345 g/mol. The maximum atomic E-state index is 12.4. The standard InChI is InChI=1S/C17H23N5O3/c1-6-21(9-16(24)25)15(23)8-14-12(4)20-22(13(14)5)17-18-10(2)7-11(3)19-17/h7H,6,8-9H2,1-5H3,(H,24,25). The Hall–Kier alpha value is -2.77. The Morgan fingerprint density at radius 2 is 1.76 bits per heavy atom. The van der Waals surface area contributed by atoms with E-state index in [1.807, 2.05) is 33.8 Å². The van der Waals surface area contributed by atoms with Crippen molar-refractivity contribution in [3.8, 4) is 5.95 Å². The smallest absolute Gasteiger partial charge is 0.323 e. The number of carboxylic acids is 1. The number of rotatable bonds is 6. The van der Waals surface area contributed by atoms with Gasteiger partial charge >= 0.3 is 5.97 Å². The van der Waals surface area contributed by atoms with Crippen molar-refractivity contribution in [3.05, 3.63) is 34.4 Å². The largest absolute Gasteiger partial charge is 0.480 e. The lowest BCUT2D eigenvalue weighted by molar-refractivity contribution is -0.144. The van der Waals surface area contributed by atoms with Crippen LogP contribution in [-0.2, 0) is 16.0 Å². The molecule has 0 unspecified atom stereocenters. The molecule has 0 saturated carbocycles. The van der Waals surface area contributed by atoms with E-state index in [9.17, 15) is 9.59 Å². The van der Waals surface area contributed by atoms with Crippen LogP contribution in [-0.4, -0.2) is 54.7 Å². The van der Waals surface area contributed by atoms with Gasteiger partial charge in [0.25, 0.3) is 5.95 Å². The van der Waals surface area contributed by atoms with Crippen molar-refractivity contribution in [2.75, 3.05) is 13.1 Å². The van der Waals surface area contributed by atoms with Gasteiger partial charge in [0.15, 0.2) is 0 Å². The van der Waals surface area contributed by atoms with E-state index in [0.29, 0.717) is 18.2 Å². The molecule has 2 aromatic heterocycles. The van der Waals surface area contributed by atoms with Crippen LogP contribution in [0.15, 0.2) is 6.07 Å². The van der Waals surface area contributed by atoms with Crippen LogP contribution in [0.2, 0.25) is 0 Å². The summed E-state index contributed by atoms with van der Waals surface area (Å²) in [5.41, 5.74) is 3.94. The summed E-state index contributed by atoms with van der Waals surface area (Å²) in [5, 5.41) is 13.4. The summed E-state index contributed by atoms with van der Waals surface area (Å²) >= 11 is 0. The van der Waals surface area contributed by atoms with Gasteiger partial charge in [0.2, 0.25) is 5.91 Å². The van der Waals surface area contributed by atoms with Crippen molar-refractivity contribution < 1.29 is 14.7 Å². The van der Waals surface area contributed by atoms with Gasteiger partial charge in [-0.2, -0.15) is 5.10 Å². The lowest BCUT2D eigenvalue weighted by atomic mass is 10.1. The summed E-state index contributed by atoms with van der Waals surface area (Å²) in [6, 6.07) is 1.88. The number of aromatic nitrogens is 4. The molecule has 0 bridgehead atoms. The first-order chi connectivity index (χ1) is 11.7. The number of aryl methyl sites for hydroxylation is 3. The van der Waals surface area contributed by atoms with E-state index >= 15 is 0 Å². The Labute approximate surface area is 146 Å². The summed E-state index contributed by atoms with van der Waals surface area (Å²) < 4.78 is 1.63. The Morgan fingerprint density at radius 3 is 2.28 bits per heavy atom. The lowest BCUT2D eigenvalue weighted by Gasteiger charge is -2.18. The molecule has 0 saturated heterocycles. The minimum absolute atomic E-state index is 0.101. The van der Waals surface area contributed by atoms with Crippen molar-refractivity contribution in [2.45, 2.75) is 41.0 Å². The zero-order chi connectivity index (χ0) is 18.7. The van der Waals surface area contributed by atoms with E-state index in [0.717, 1.165) is 22.6 Å². The van der Waals surface area contributed by atoms with Gasteiger partial charge in [-0.05, 0) is 40.7 Å². The predicted octanol–water partition coefficient (Wildman–Crippen LogP) is 1.37. The Morgan fingerprint density at radius 1 is 1.16 bits per heavy atom. The number of amides is 1. The number of likely N-dealkylation sites (N-methyl/N-ethyl adjacent to an activating group) is 1. The fourth-order valence-electron chi connectivity index (χ4n) is 2.73. The highest BCUT2D eigenvalue weighted by Gasteiger charge is 2.21. The molecule has 2 aromatic rings. The molecule has 0 atom stereocenters. The number of carbonyl (C=O) groups excluding carboxylic acids is 1. The number of aliphatic carboxylic acids is 1. The van der Waals surface area contributed by atoms with Crippen LogP contribution in [0.4, 0.5) is 0 Å². The van der Waals surface area contributed by atoms with E-state index in [1.165, 1.54) is 4.90 Å². The van der Waals surface area contributed by atoms with E-state index in [2.05, 4.69) is 15.1 Å². The highest BCUT2D eigenvalue weighted by Crippen LogP contribution is 2.18. The van der Waals surface area contributed by atoms with E-state index in [4.69, 9.17) is 5.11 Å². The summed E-state index contributed by atoms with van der Waals surface area (Å²) in [7, 11) is 0. The predicted molar refractivity (Wildman–Crippen MR) is 91.7 cm³/mol. The van der Waals surface area contributed by atoms with Gasteiger partial charge in [0.05, 0.1) is 12.1 Å². The van der Waals surface area contributed by atoms with Gasteiger partial charge in [-0.25, -0.2) is 14.6 Å². The van der Waals surface area contributed by atoms with Crippen molar-refractivity contribution in [1.82, 2.24) is 24.6 Å². The minimum Gasteiger partial charge on any atom is -0.480 e. The average Bonchev–Trinajstić information content (AvgIpc) is 2.79. The normalized spacial score (nSPS) is 10.8. The molecule has 0 aromatic carbocycles. The Bertz CT molecular complexity index is 793. The van der Waals surface area contributed by atoms with Crippen LogP contribution in [0.1, 0.15) is 35.3 Å². The molecule has 25 heavy (non-hydrogen) atoms. The molecule has 1 amide bonds. The number of hydrogen-bond acceptors (Lipinski definition) is 5. The summed E-state index contributed by atoms with van der Waals surface area (Å²) in [6.45, 7) is 9.25. The molecule has 0 spiro atoms. The van der Waals surface area contributed by atoms with Gasteiger partial charge < -0.3 is 10.0 Å². The molecule has 0 fully saturated rings. The molecule has 2 rings (SSSR count). The third-order valence-corrected chi connectivity index (χ3v) is 3.99. The number of hydrogen-bond donors (Lipinski definition) is 1. The van der Waals surface area contributed by atoms with Gasteiger partial charge in [0, 0.05) is 29.2 Å². The fraction of sp³-hybridized carbons (Fsp3) is 0.471. The highest BCUT2D eigenvalue weighted by atomic mass is 16.4. The van der Waals surface area contributed by atoms with E-state index < -0.39 is 5.97 Å². The molecule has 0 aliphatic heterocycles. The zero-order valence-electron chi connectivity index (χ0n) is 15.2. The third kappa shape index (κ3) is 4.20. The van der Waals surface area contributed by atoms with Crippen molar-refractivity contribution in [2.24, 2.45) is 0 Å². The second-order valence-electron chi connectivity index (χ2n) is 5.99. The molecule has 8 heteroatoms. The SMILES string of the molecule is CCN(CC(=O)O)C(=O)Cc1c(C)nn(-c2nc(C)cc(C)n2)c1C. The van der Waals surface area contributed by atoms with E-state index in [-0.39, 0.29) is 18.9 Å². The van der Waals surface area contributed by atoms with Gasteiger partial charge in [-0.1, -0.05) is 0 Å². The first-order valence-corrected chi connectivity index (χ1v) is 8.10. The Kier molecular flexibility index (Phi) is 5.51. The summed E-state index contributed by atoms with van der Waals surface area (Å²) in [5.74, 6) is -0.797.